The van der Waals surface area contributed by atoms with Crippen molar-refractivity contribution in [3.05, 3.63) is 59.4 Å². The first-order chi connectivity index (χ1) is 9.25. The van der Waals surface area contributed by atoms with Crippen LogP contribution in [0.15, 0.2) is 42.5 Å². The molecule has 0 saturated heterocycles. The monoisotopic (exact) mass is 258 g/mol. The first kappa shape index (κ1) is 11.7. The van der Waals surface area contributed by atoms with Crippen molar-refractivity contribution < 1.29 is 18.7 Å². The van der Waals surface area contributed by atoms with Crippen molar-refractivity contribution in [2.75, 3.05) is 13.2 Å². The van der Waals surface area contributed by atoms with Gasteiger partial charge < -0.3 is 9.47 Å². The Kier molecular flexibility index (Phi) is 2.91. The maximum Gasteiger partial charge on any atom is 0.196 e. The molecule has 0 atom stereocenters. The SMILES string of the molecule is O=C(c1ccc2c(c1)OCCO2)c1ccccc1F. The zero-order valence-corrected chi connectivity index (χ0v) is 10.1. The zero-order chi connectivity index (χ0) is 13.2. The van der Waals surface area contributed by atoms with Crippen LogP contribution in [0.2, 0.25) is 0 Å². The molecule has 19 heavy (non-hydrogen) atoms. The van der Waals surface area contributed by atoms with E-state index < -0.39 is 5.82 Å². The number of rotatable bonds is 2. The van der Waals surface area contributed by atoms with Gasteiger partial charge in [0.2, 0.25) is 0 Å². The van der Waals surface area contributed by atoms with Crippen LogP contribution in [-0.4, -0.2) is 19.0 Å². The molecule has 3 nitrogen and oxygen atoms in total. The fourth-order valence-electron chi connectivity index (χ4n) is 1.99. The predicted octanol–water partition coefficient (Wildman–Crippen LogP) is 2.83. The number of halogens is 1. The normalized spacial score (nSPS) is 13.1. The first-order valence-electron chi connectivity index (χ1n) is 5.94. The molecule has 0 fully saturated rings. The van der Waals surface area contributed by atoms with Crippen LogP contribution in [0.4, 0.5) is 4.39 Å². The Balaban J connectivity index is 1.98. The lowest BCUT2D eigenvalue weighted by Gasteiger charge is -2.18. The minimum atomic E-state index is -0.526. The van der Waals surface area contributed by atoms with Crippen molar-refractivity contribution in [2.24, 2.45) is 0 Å². The van der Waals surface area contributed by atoms with Gasteiger partial charge in [-0.3, -0.25) is 4.79 Å². The topological polar surface area (TPSA) is 35.5 Å². The molecule has 0 amide bonds. The Morgan fingerprint density at radius 2 is 1.74 bits per heavy atom. The van der Waals surface area contributed by atoms with E-state index in [1.54, 1.807) is 30.3 Å². The molecule has 4 heteroatoms. The van der Waals surface area contributed by atoms with Gasteiger partial charge in [0, 0.05) is 5.56 Å². The highest BCUT2D eigenvalue weighted by atomic mass is 19.1. The average Bonchev–Trinajstić information content (AvgIpc) is 2.46. The standard InChI is InChI=1S/C15H11FO3/c16-12-4-2-1-3-11(12)15(17)10-5-6-13-14(9-10)19-8-7-18-13/h1-6,9H,7-8H2. The van der Waals surface area contributed by atoms with Gasteiger partial charge in [-0.25, -0.2) is 4.39 Å². The highest BCUT2D eigenvalue weighted by Crippen LogP contribution is 2.31. The third-order valence-corrected chi connectivity index (χ3v) is 2.92. The zero-order valence-electron chi connectivity index (χ0n) is 10.1. The molecule has 0 N–H and O–H groups in total. The molecule has 2 aromatic rings. The number of fused-ring (bicyclic) bond motifs is 1. The van der Waals surface area contributed by atoms with Crippen LogP contribution in [0.5, 0.6) is 11.5 Å². The number of benzene rings is 2. The summed E-state index contributed by atoms with van der Waals surface area (Å²) in [5.74, 6) is 0.238. The van der Waals surface area contributed by atoms with Crippen LogP contribution in [0.1, 0.15) is 15.9 Å². The van der Waals surface area contributed by atoms with Gasteiger partial charge in [-0.1, -0.05) is 12.1 Å². The molecular formula is C15H11FO3. The quantitative estimate of drug-likeness (QED) is 0.777. The first-order valence-corrected chi connectivity index (χ1v) is 5.94. The van der Waals surface area contributed by atoms with Gasteiger partial charge in [0.25, 0.3) is 0 Å². The van der Waals surface area contributed by atoms with Crippen molar-refractivity contribution in [1.82, 2.24) is 0 Å². The molecule has 1 aliphatic rings. The summed E-state index contributed by atoms with van der Waals surface area (Å²) in [5.41, 5.74) is 0.438. The molecule has 0 unspecified atom stereocenters. The molecule has 3 rings (SSSR count). The van der Waals surface area contributed by atoms with Crippen molar-refractivity contribution in [3.63, 3.8) is 0 Å². The van der Waals surface area contributed by atoms with E-state index in [-0.39, 0.29) is 11.3 Å². The second kappa shape index (κ2) is 4.72. The van der Waals surface area contributed by atoms with Gasteiger partial charge in [-0.05, 0) is 30.3 Å². The Hall–Kier alpha value is -2.36. The Bertz CT molecular complexity index is 637. The van der Waals surface area contributed by atoms with E-state index in [4.69, 9.17) is 9.47 Å². The molecule has 0 saturated carbocycles. The van der Waals surface area contributed by atoms with Gasteiger partial charge in [-0.2, -0.15) is 0 Å². The second-order valence-corrected chi connectivity index (χ2v) is 4.17. The van der Waals surface area contributed by atoms with Crippen LogP contribution in [-0.2, 0) is 0 Å². The third kappa shape index (κ3) is 2.17. The number of hydrogen-bond acceptors (Lipinski definition) is 3. The summed E-state index contributed by atoms with van der Waals surface area (Å²) in [4.78, 5) is 12.2. The van der Waals surface area contributed by atoms with Crippen molar-refractivity contribution in [1.29, 1.82) is 0 Å². The number of ketones is 1. The number of carbonyl (C=O) groups is 1. The molecule has 0 bridgehead atoms. The number of carbonyl (C=O) groups excluding carboxylic acids is 1. The van der Waals surface area contributed by atoms with Gasteiger partial charge in [0.1, 0.15) is 19.0 Å². The minimum Gasteiger partial charge on any atom is -0.486 e. The van der Waals surface area contributed by atoms with E-state index >= 15 is 0 Å². The van der Waals surface area contributed by atoms with Crippen LogP contribution >= 0.6 is 0 Å². The summed E-state index contributed by atoms with van der Waals surface area (Å²) in [6.07, 6.45) is 0. The van der Waals surface area contributed by atoms with E-state index in [2.05, 4.69) is 0 Å². The molecule has 96 valence electrons. The molecule has 0 spiro atoms. The molecule has 1 heterocycles. The number of ether oxygens (including phenoxy) is 2. The Labute approximate surface area is 109 Å². The second-order valence-electron chi connectivity index (χ2n) is 4.17. The summed E-state index contributed by atoms with van der Waals surface area (Å²) in [7, 11) is 0. The molecule has 0 aliphatic carbocycles. The summed E-state index contributed by atoms with van der Waals surface area (Å²) in [6.45, 7) is 0.942. The summed E-state index contributed by atoms with van der Waals surface area (Å²) < 4.78 is 24.4. The summed E-state index contributed by atoms with van der Waals surface area (Å²) >= 11 is 0. The molecular weight excluding hydrogens is 247 g/mol. The maximum atomic E-state index is 13.6. The molecule has 0 radical (unpaired) electrons. The van der Waals surface area contributed by atoms with E-state index in [0.29, 0.717) is 30.3 Å². The van der Waals surface area contributed by atoms with Crippen LogP contribution in [0.25, 0.3) is 0 Å². The fraction of sp³-hybridized carbons (Fsp3) is 0.133. The Morgan fingerprint density at radius 1 is 1.00 bits per heavy atom. The van der Waals surface area contributed by atoms with Gasteiger partial charge >= 0.3 is 0 Å². The van der Waals surface area contributed by atoms with Crippen molar-refractivity contribution >= 4 is 5.78 Å². The summed E-state index contributed by atoms with van der Waals surface area (Å²) in [6, 6.07) is 10.8. The number of hydrogen-bond donors (Lipinski definition) is 0. The van der Waals surface area contributed by atoms with Gasteiger partial charge in [0.15, 0.2) is 17.3 Å². The van der Waals surface area contributed by atoms with Crippen LogP contribution < -0.4 is 9.47 Å². The molecule has 1 aliphatic heterocycles. The largest absolute Gasteiger partial charge is 0.486 e. The van der Waals surface area contributed by atoms with E-state index in [1.165, 1.54) is 12.1 Å². The van der Waals surface area contributed by atoms with Crippen molar-refractivity contribution in [3.8, 4) is 11.5 Å². The molecule has 2 aromatic carbocycles. The lowest BCUT2D eigenvalue weighted by atomic mass is 10.0. The smallest absolute Gasteiger partial charge is 0.196 e. The van der Waals surface area contributed by atoms with E-state index in [9.17, 15) is 9.18 Å². The highest BCUT2D eigenvalue weighted by Gasteiger charge is 2.17. The van der Waals surface area contributed by atoms with E-state index in [1.807, 2.05) is 0 Å². The van der Waals surface area contributed by atoms with Crippen molar-refractivity contribution in [2.45, 2.75) is 0 Å². The fourth-order valence-corrected chi connectivity index (χ4v) is 1.99. The van der Waals surface area contributed by atoms with E-state index in [0.717, 1.165) is 0 Å². The average molecular weight is 258 g/mol. The van der Waals surface area contributed by atoms with Gasteiger partial charge in [0.05, 0.1) is 5.56 Å². The lowest BCUT2D eigenvalue weighted by molar-refractivity contribution is 0.103. The lowest BCUT2D eigenvalue weighted by Crippen LogP contribution is -2.16. The highest BCUT2D eigenvalue weighted by molar-refractivity contribution is 6.09. The predicted molar refractivity (Wildman–Crippen MR) is 67.3 cm³/mol. The third-order valence-electron chi connectivity index (χ3n) is 2.92. The minimum absolute atomic E-state index is 0.0548. The summed E-state index contributed by atoms with van der Waals surface area (Å²) in [5, 5.41) is 0. The van der Waals surface area contributed by atoms with Crippen LogP contribution in [0.3, 0.4) is 0 Å². The van der Waals surface area contributed by atoms with Gasteiger partial charge in [-0.15, -0.1) is 0 Å². The Morgan fingerprint density at radius 3 is 2.53 bits per heavy atom. The van der Waals surface area contributed by atoms with Crippen LogP contribution in [0, 0.1) is 5.82 Å². The maximum absolute atomic E-state index is 13.6. The molecule has 0 aromatic heterocycles.